The van der Waals surface area contributed by atoms with Crippen molar-refractivity contribution in [1.82, 2.24) is 25.3 Å². The zero-order valence-corrected chi connectivity index (χ0v) is 25.2. The highest BCUT2D eigenvalue weighted by Crippen LogP contribution is 2.27. The number of fused-ring (bicyclic) bond motifs is 1. The lowest BCUT2D eigenvalue weighted by molar-refractivity contribution is -0.147. The Morgan fingerprint density at radius 3 is 2.30 bits per heavy atom. The number of amides is 1. The topological polar surface area (TPSA) is 189 Å². The number of aromatic nitrogens is 4. The Bertz CT molecular complexity index is 1640. The van der Waals surface area contributed by atoms with Crippen molar-refractivity contribution in [2.45, 2.75) is 38.8 Å². The van der Waals surface area contributed by atoms with E-state index in [9.17, 15) is 14.4 Å². The van der Waals surface area contributed by atoms with E-state index in [0.717, 1.165) is 5.69 Å². The fraction of sp³-hybridized carbons (Fsp3) is 0.300. The molecule has 14 heteroatoms. The van der Waals surface area contributed by atoms with Gasteiger partial charge in [0.05, 0.1) is 38.1 Å². The van der Waals surface area contributed by atoms with Gasteiger partial charge in [-0.2, -0.15) is 9.97 Å². The highest BCUT2D eigenvalue weighted by molar-refractivity contribution is 6.30. The molecular weight excluding hydrogens is 588 g/mol. The molecule has 0 bridgehead atoms. The van der Waals surface area contributed by atoms with Crippen LogP contribution in [0, 0.1) is 0 Å². The normalized spacial score (nSPS) is 12.3. The number of nitrogens with one attached hydrogen (secondary N) is 1. The van der Waals surface area contributed by atoms with Crippen molar-refractivity contribution >= 4 is 58.1 Å². The molecule has 1 unspecified atom stereocenters. The molecule has 5 N–H and O–H groups in total. The third-order valence-corrected chi connectivity index (χ3v) is 6.94. The van der Waals surface area contributed by atoms with Gasteiger partial charge in [0.1, 0.15) is 6.04 Å². The van der Waals surface area contributed by atoms with Gasteiger partial charge < -0.3 is 31.2 Å². The van der Waals surface area contributed by atoms with Crippen LogP contribution in [0.3, 0.4) is 0 Å². The molecule has 0 radical (unpaired) electrons. The summed E-state index contributed by atoms with van der Waals surface area (Å²) in [5, 5.41) is 3.26. The van der Waals surface area contributed by atoms with Gasteiger partial charge in [-0.25, -0.2) is 14.8 Å². The van der Waals surface area contributed by atoms with Gasteiger partial charge in [0, 0.05) is 29.2 Å². The number of carbonyl (C=O) groups is 3. The Morgan fingerprint density at radius 2 is 1.64 bits per heavy atom. The minimum absolute atomic E-state index is 0.0198. The Labute approximate surface area is 258 Å². The Kier molecular flexibility index (Phi) is 10.5. The number of rotatable bonds is 12. The van der Waals surface area contributed by atoms with E-state index in [-0.39, 0.29) is 31.4 Å². The number of nitrogens with two attached hydrogens (primary N) is 2. The quantitative estimate of drug-likeness (QED) is 0.196. The molecule has 2 atom stereocenters. The first kappa shape index (κ1) is 31.9. The molecule has 44 heavy (non-hydrogen) atoms. The third kappa shape index (κ3) is 7.86. The Balaban J connectivity index is 1.52. The molecular formula is C30H33ClN8O5. The van der Waals surface area contributed by atoms with E-state index in [2.05, 4.69) is 25.3 Å². The maximum atomic E-state index is 13.4. The molecule has 4 rings (SSSR count). The summed E-state index contributed by atoms with van der Waals surface area (Å²) in [6.45, 7) is 4.00. The molecule has 0 saturated carbocycles. The van der Waals surface area contributed by atoms with Crippen LogP contribution in [0.4, 0.5) is 17.5 Å². The number of carbonyl (C=O) groups excluding carboxylic acids is 3. The van der Waals surface area contributed by atoms with Crippen LogP contribution in [0.5, 0.6) is 0 Å². The largest absolute Gasteiger partial charge is 0.466 e. The number of hydrogen-bond donors (Lipinski definition) is 3. The summed E-state index contributed by atoms with van der Waals surface area (Å²) in [5.74, 6) is -2.31. The summed E-state index contributed by atoms with van der Waals surface area (Å²) in [6.07, 6.45) is 1.42. The van der Waals surface area contributed by atoms with E-state index in [1.165, 1.54) is 0 Å². The molecule has 230 valence electrons. The molecule has 2 heterocycles. The van der Waals surface area contributed by atoms with Gasteiger partial charge in [-0.3, -0.25) is 9.59 Å². The fourth-order valence-electron chi connectivity index (χ4n) is 4.58. The van der Waals surface area contributed by atoms with E-state index in [1.54, 1.807) is 68.6 Å². The van der Waals surface area contributed by atoms with Crippen LogP contribution < -0.4 is 21.7 Å². The Morgan fingerprint density at radius 1 is 0.955 bits per heavy atom. The number of halogens is 1. The van der Waals surface area contributed by atoms with Crippen molar-refractivity contribution in [2.24, 2.45) is 0 Å². The van der Waals surface area contributed by atoms with Gasteiger partial charge in [-0.05, 0) is 55.8 Å². The van der Waals surface area contributed by atoms with Gasteiger partial charge in [0.2, 0.25) is 5.95 Å². The fourth-order valence-corrected chi connectivity index (χ4v) is 4.70. The predicted molar refractivity (Wildman–Crippen MR) is 166 cm³/mol. The molecule has 0 aliphatic carbocycles. The van der Waals surface area contributed by atoms with Crippen LogP contribution in [0.15, 0.2) is 54.7 Å². The SMILES string of the molecule is CCOC(=O)CC(c1ccc(Cl)cc1)[C@H](NC(=O)c1ccc(N(C)Cc2cnc3nc(N)nc(N)c3n2)cc1)C(=O)OCC. The average Bonchev–Trinajstić information content (AvgIpc) is 3.00. The number of benzene rings is 2. The van der Waals surface area contributed by atoms with Gasteiger partial charge >= 0.3 is 11.9 Å². The molecule has 1 amide bonds. The summed E-state index contributed by atoms with van der Waals surface area (Å²) < 4.78 is 10.4. The molecule has 2 aromatic heterocycles. The van der Waals surface area contributed by atoms with Gasteiger partial charge in [-0.15, -0.1) is 0 Å². The average molecular weight is 621 g/mol. The summed E-state index contributed by atoms with van der Waals surface area (Å²) in [7, 11) is 1.85. The molecule has 0 saturated heterocycles. The van der Waals surface area contributed by atoms with Gasteiger partial charge in [0.15, 0.2) is 17.0 Å². The summed E-state index contributed by atoms with van der Waals surface area (Å²) >= 11 is 6.07. The van der Waals surface area contributed by atoms with E-state index >= 15 is 0 Å². The molecule has 0 aliphatic heterocycles. The number of esters is 2. The van der Waals surface area contributed by atoms with E-state index in [1.807, 2.05) is 11.9 Å². The van der Waals surface area contributed by atoms with E-state index < -0.39 is 29.8 Å². The van der Waals surface area contributed by atoms with Crippen molar-refractivity contribution in [2.75, 3.05) is 36.6 Å². The second-order valence-corrected chi connectivity index (χ2v) is 10.2. The summed E-state index contributed by atoms with van der Waals surface area (Å²) in [5.41, 5.74) is 14.5. The molecule has 0 fully saturated rings. The highest BCUT2D eigenvalue weighted by Gasteiger charge is 2.34. The predicted octanol–water partition coefficient (Wildman–Crippen LogP) is 3.27. The monoisotopic (exact) mass is 620 g/mol. The van der Waals surface area contributed by atoms with Crippen LogP contribution in [-0.4, -0.2) is 64.1 Å². The number of ether oxygens (including phenoxy) is 2. The van der Waals surface area contributed by atoms with Crippen molar-refractivity contribution in [3.8, 4) is 0 Å². The third-order valence-electron chi connectivity index (χ3n) is 6.69. The second kappa shape index (κ2) is 14.4. The molecule has 0 spiro atoms. The minimum atomic E-state index is -1.17. The smallest absolute Gasteiger partial charge is 0.329 e. The van der Waals surface area contributed by atoms with Crippen LogP contribution in [-0.2, 0) is 25.6 Å². The molecule has 13 nitrogen and oxygen atoms in total. The first-order chi connectivity index (χ1) is 21.1. The summed E-state index contributed by atoms with van der Waals surface area (Å²) in [6, 6.07) is 12.3. The first-order valence-corrected chi connectivity index (χ1v) is 14.2. The first-order valence-electron chi connectivity index (χ1n) is 13.8. The Hall–Kier alpha value is -5.04. The lowest BCUT2D eigenvalue weighted by atomic mass is 9.88. The number of nitrogens with zero attached hydrogens (tertiary/aromatic N) is 5. The molecule has 2 aromatic carbocycles. The van der Waals surface area contributed by atoms with Gasteiger partial charge in [-0.1, -0.05) is 23.7 Å². The number of nitrogen functional groups attached to an aromatic ring is 2. The van der Waals surface area contributed by atoms with Crippen molar-refractivity contribution in [3.05, 3.63) is 76.6 Å². The van der Waals surface area contributed by atoms with Crippen molar-refractivity contribution < 1.29 is 23.9 Å². The van der Waals surface area contributed by atoms with Crippen molar-refractivity contribution in [1.29, 1.82) is 0 Å². The lowest BCUT2D eigenvalue weighted by Gasteiger charge is -2.26. The second-order valence-electron chi connectivity index (χ2n) is 9.77. The maximum Gasteiger partial charge on any atom is 0.329 e. The van der Waals surface area contributed by atoms with Crippen molar-refractivity contribution in [3.63, 3.8) is 0 Å². The van der Waals surface area contributed by atoms with Gasteiger partial charge in [0.25, 0.3) is 5.91 Å². The zero-order chi connectivity index (χ0) is 31.8. The van der Waals surface area contributed by atoms with E-state index in [4.69, 9.17) is 32.5 Å². The summed E-state index contributed by atoms with van der Waals surface area (Å²) in [4.78, 5) is 57.7. The highest BCUT2D eigenvalue weighted by atomic mass is 35.5. The molecule has 0 aliphatic rings. The van der Waals surface area contributed by atoms with Crippen LogP contribution in [0.25, 0.3) is 11.2 Å². The van der Waals surface area contributed by atoms with E-state index in [0.29, 0.717) is 39.6 Å². The molecule has 4 aromatic rings. The lowest BCUT2D eigenvalue weighted by Crippen LogP contribution is -2.46. The zero-order valence-electron chi connectivity index (χ0n) is 24.5. The number of hydrogen-bond acceptors (Lipinski definition) is 12. The van der Waals surface area contributed by atoms with Crippen LogP contribution in [0.2, 0.25) is 5.02 Å². The standard InChI is InChI=1S/C30H33ClN8O5/c1-4-43-23(40)14-22(17-6-10-19(31)11-7-17)24(29(42)44-5-2)36-28(41)18-8-12-21(13-9-18)39(3)16-20-15-34-27-25(35-20)26(32)37-30(33)38-27/h6-13,15,22,24H,4-5,14,16H2,1-3H3,(H,36,41)(H4,32,33,34,37,38)/t22?,24-/m0/s1. The van der Waals surface area contributed by atoms with Crippen LogP contribution >= 0.6 is 11.6 Å². The minimum Gasteiger partial charge on any atom is -0.466 e. The number of anilines is 3. The van der Waals surface area contributed by atoms with Crippen LogP contribution in [0.1, 0.15) is 47.8 Å². The maximum absolute atomic E-state index is 13.4.